The van der Waals surface area contributed by atoms with Gasteiger partial charge in [0, 0.05) is 5.69 Å². The van der Waals surface area contributed by atoms with E-state index in [1.165, 1.54) is 0 Å². The van der Waals surface area contributed by atoms with Gasteiger partial charge in [0.15, 0.2) is 0 Å². The highest BCUT2D eigenvalue weighted by Gasteiger charge is 2.01. The first kappa shape index (κ1) is 12.2. The number of hydrogen-bond acceptors (Lipinski definition) is 4. The molecule has 94 valence electrons. The molecule has 0 fully saturated rings. The van der Waals surface area contributed by atoms with Crippen LogP contribution in [0.3, 0.4) is 0 Å². The van der Waals surface area contributed by atoms with Crippen LogP contribution in [0.25, 0.3) is 0 Å². The first-order chi connectivity index (χ1) is 8.69. The summed E-state index contributed by atoms with van der Waals surface area (Å²) in [5.41, 5.74) is 8.33. The SMILES string of the molecule is CCOc1ccc(Nc2ncc(N)cc2C)cc1. The summed E-state index contributed by atoms with van der Waals surface area (Å²) >= 11 is 0. The molecule has 1 heterocycles. The summed E-state index contributed by atoms with van der Waals surface area (Å²) in [6, 6.07) is 9.67. The molecular weight excluding hydrogens is 226 g/mol. The topological polar surface area (TPSA) is 60.2 Å². The van der Waals surface area contributed by atoms with E-state index < -0.39 is 0 Å². The highest BCUT2D eigenvalue weighted by molar-refractivity contribution is 5.61. The van der Waals surface area contributed by atoms with Crippen LogP contribution in [-0.4, -0.2) is 11.6 Å². The molecule has 0 amide bonds. The maximum Gasteiger partial charge on any atom is 0.133 e. The summed E-state index contributed by atoms with van der Waals surface area (Å²) in [6.07, 6.45) is 1.64. The van der Waals surface area contributed by atoms with Crippen LogP contribution in [0.4, 0.5) is 17.2 Å². The molecule has 2 rings (SSSR count). The number of hydrogen-bond donors (Lipinski definition) is 2. The fraction of sp³-hybridized carbons (Fsp3) is 0.214. The third kappa shape index (κ3) is 2.91. The summed E-state index contributed by atoms with van der Waals surface area (Å²) < 4.78 is 5.39. The lowest BCUT2D eigenvalue weighted by Crippen LogP contribution is -1.98. The third-order valence-corrected chi connectivity index (χ3v) is 2.53. The minimum Gasteiger partial charge on any atom is -0.494 e. The van der Waals surface area contributed by atoms with Crippen molar-refractivity contribution in [1.29, 1.82) is 0 Å². The molecule has 1 aromatic heterocycles. The molecule has 0 saturated heterocycles. The average Bonchev–Trinajstić information content (AvgIpc) is 2.35. The molecule has 18 heavy (non-hydrogen) atoms. The normalized spacial score (nSPS) is 10.1. The predicted octanol–water partition coefficient (Wildman–Crippen LogP) is 3.11. The van der Waals surface area contributed by atoms with Crippen LogP contribution < -0.4 is 15.8 Å². The minimum absolute atomic E-state index is 0.671. The van der Waals surface area contributed by atoms with E-state index in [1.807, 2.05) is 44.2 Å². The number of rotatable bonds is 4. The van der Waals surface area contributed by atoms with Gasteiger partial charge >= 0.3 is 0 Å². The van der Waals surface area contributed by atoms with Gasteiger partial charge in [0.05, 0.1) is 18.5 Å². The number of benzene rings is 1. The van der Waals surface area contributed by atoms with E-state index in [0.29, 0.717) is 12.3 Å². The Morgan fingerprint density at radius 2 is 2.00 bits per heavy atom. The number of pyridine rings is 1. The van der Waals surface area contributed by atoms with Gasteiger partial charge < -0.3 is 15.8 Å². The Balaban J connectivity index is 2.13. The highest BCUT2D eigenvalue weighted by Crippen LogP contribution is 2.21. The number of nitrogens with zero attached hydrogens (tertiary/aromatic N) is 1. The number of ether oxygens (including phenoxy) is 1. The number of nitrogens with two attached hydrogens (primary N) is 1. The number of nitrogen functional groups attached to an aromatic ring is 1. The molecule has 0 aliphatic heterocycles. The van der Waals surface area contributed by atoms with Crippen molar-refractivity contribution in [3.63, 3.8) is 0 Å². The zero-order valence-corrected chi connectivity index (χ0v) is 10.6. The summed E-state index contributed by atoms with van der Waals surface area (Å²) in [4.78, 5) is 4.26. The van der Waals surface area contributed by atoms with E-state index in [9.17, 15) is 0 Å². The molecule has 0 radical (unpaired) electrons. The number of anilines is 3. The van der Waals surface area contributed by atoms with E-state index in [0.717, 1.165) is 22.8 Å². The van der Waals surface area contributed by atoms with Crippen molar-refractivity contribution in [2.45, 2.75) is 13.8 Å². The smallest absolute Gasteiger partial charge is 0.133 e. The Hall–Kier alpha value is -2.23. The number of aryl methyl sites for hydroxylation is 1. The van der Waals surface area contributed by atoms with Gasteiger partial charge in [-0.1, -0.05) is 0 Å². The molecular formula is C14H17N3O. The fourth-order valence-electron chi connectivity index (χ4n) is 1.67. The summed E-state index contributed by atoms with van der Waals surface area (Å²) in [7, 11) is 0. The molecule has 0 unspecified atom stereocenters. The first-order valence-electron chi connectivity index (χ1n) is 5.91. The van der Waals surface area contributed by atoms with Gasteiger partial charge in [-0.25, -0.2) is 4.98 Å². The standard InChI is InChI=1S/C14H17N3O/c1-3-18-13-6-4-12(5-7-13)17-14-10(2)8-11(15)9-16-14/h4-9H,3,15H2,1-2H3,(H,16,17). The molecule has 0 spiro atoms. The minimum atomic E-state index is 0.671. The van der Waals surface area contributed by atoms with E-state index in [1.54, 1.807) is 6.20 Å². The van der Waals surface area contributed by atoms with Crippen molar-refractivity contribution in [2.75, 3.05) is 17.7 Å². The molecule has 2 aromatic rings. The lowest BCUT2D eigenvalue weighted by atomic mass is 10.2. The first-order valence-corrected chi connectivity index (χ1v) is 5.91. The zero-order valence-electron chi connectivity index (χ0n) is 10.6. The molecule has 4 nitrogen and oxygen atoms in total. The summed E-state index contributed by atoms with van der Waals surface area (Å²) in [6.45, 7) is 4.61. The van der Waals surface area contributed by atoms with Crippen molar-refractivity contribution in [1.82, 2.24) is 4.98 Å². The molecule has 0 atom stereocenters. The van der Waals surface area contributed by atoms with Gasteiger partial charge in [0.2, 0.25) is 0 Å². The zero-order chi connectivity index (χ0) is 13.0. The predicted molar refractivity (Wildman–Crippen MR) is 74.3 cm³/mol. The molecule has 4 heteroatoms. The van der Waals surface area contributed by atoms with Crippen LogP contribution in [0.2, 0.25) is 0 Å². The van der Waals surface area contributed by atoms with Crippen LogP contribution in [0.5, 0.6) is 5.75 Å². The summed E-state index contributed by atoms with van der Waals surface area (Å²) in [5.74, 6) is 1.68. The largest absolute Gasteiger partial charge is 0.494 e. The second-order valence-corrected chi connectivity index (χ2v) is 4.02. The molecule has 1 aromatic carbocycles. The molecule has 0 saturated carbocycles. The van der Waals surface area contributed by atoms with Crippen LogP contribution in [0.1, 0.15) is 12.5 Å². The second kappa shape index (κ2) is 5.40. The van der Waals surface area contributed by atoms with Gasteiger partial charge in [-0.15, -0.1) is 0 Å². The average molecular weight is 243 g/mol. The lowest BCUT2D eigenvalue weighted by molar-refractivity contribution is 0.340. The second-order valence-electron chi connectivity index (χ2n) is 4.02. The Morgan fingerprint density at radius 1 is 1.28 bits per heavy atom. The third-order valence-electron chi connectivity index (χ3n) is 2.53. The number of aromatic nitrogens is 1. The van der Waals surface area contributed by atoms with Crippen molar-refractivity contribution in [3.05, 3.63) is 42.1 Å². The van der Waals surface area contributed by atoms with Crippen LogP contribution >= 0.6 is 0 Å². The van der Waals surface area contributed by atoms with E-state index in [2.05, 4.69) is 10.3 Å². The van der Waals surface area contributed by atoms with Crippen molar-refractivity contribution in [3.8, 4) is 5.75 Å². The fourth-order valence-corrected chi connectivity index (χ4v) is 1.67. The van der Waals surface area contributed by atoms with Crippen LogP contribution in [0, 0.1) is 6.92 Å². The molecule has 0 bridgehead atoms. The monoisotopic (exact) mass is 243 g/mol. The van der Waals surface area contributed by atoms with Gasteiger partial charge in [0.1, 0.15) is 11.6 Å². The van der Waals surface area contributed by atoms with Crippen LogP contribution in [-0.2, 0) is 0 Å². The molecule has 0 aliphatic carbocycles. The Bertz CT molecular complexity index is 523. The van der Waals surface area contributed by atoms with Crippen LogP contribution in [0.15, 0.2) is 36.5 Å². The molecule has 3 N–H and O–H groups in total. The number of nitrogens with one attached hydrogen (secondary N) is 1. The van der Waals surface area contributed by atoms with E-state index in [-0.39, 0.29) is 0 Å². The molecule has 0 aliphatic rings. The van der Waals surface area contributed by atoms with Gasteiger partial charge in [-0.2, -0.15) is 0 Å². The Labute approximate surface area is 107 Å². The van der Waals surface area contributed by atoms with Gasteiger partial charge in [-0.3, -0.25) is 0 Å². The summed E-state index contributed by atoms with van der Waals surface area (Å²) in [5, 5.41) is 3.25. The van der Waals surface area contributed by atoms with Gasteiger partial charge in [0.25, 0.3) is 0 Å². The van der Waals surface area contributed by atoms with Gasteiger partial charge in [-0.05, 0) is 49.7 Å². The van der Waals surface area contributed by atoms with E-state index in [4.69, 9.17) is 10.5 Å². The Morgan fingerprint density at radius 3 is 2.61 bits per heavy atom. The Kier molecular flexibility index (Phi) is 3.67. The van der Waals surface area contributed by atoms with E-state index >= 15 is 0 Å². The maximum atomic E-state index is 5.67. The van der Waals surface area contributed by atoms with Crippen molar-refractivity contribution in [2.24, 2.45) is 0 Å². The highest BCUT2D eigenvalue weighted by atomic mass is 16.5. The lowest BCUT2D eigenvalue weighted by Gasteiger charge is -2.09. The van der Waals surface area contributed by atoms with Crippen molar-refractivity contribution < 1.29 is 4.74 Å². The van der Waals surface area contributed by atoms with Crippen molar-refractivity contribution >= 4 is 17.2 Å². The quantitative estimate of drug-likeness (QED) is 0.866. The maximum absolute atomic E-state index is 5.67.